The molecule has 0 bridgehead atoms. The van der Waals surface area contributed by atoms with E-state index >= 15 is 4.39 Å². The van der Waals surface area contributed by atoms with Crippen LogP contribution in [0.2, 0.25) is 0 Å². The molecule has 3 aromatic carbocycles. The van der Waals surface area contributed by atoms with Crippen LogP contribution in [0.4, 0.5) is 10.1 Å². The van der Waals surface area contributed by atoms with E-state index in [9.17, 15) is 0 Å². The molecule has 0 spiro atoms. The molecule has 0 aromatic heterocycles. The number of ether oxygens (including phenoxy) is 1. The summed E-state index contributed by atoms with van der Waals surface area (Å²) in [7, 11) is 0. The lowest BCUT2D eigenvalue weighted by Gasteiger charge is -2.34. The molecule has 212 valence electrons. The van der Waals surface area contributed by atoms with E-state index in [1.807, 2.05) is 6.07 Å². The van der Waals surface area contributed by atoms with Gasteiger partial charge in [-0.3, -0.25) is 4.90 Å². The lowest BCUT2D eigenvalue weighted by atomic mass is 9.86. The highest BCUT2D eigenvalue weighted by atomic mass is 19.1. The lowest BCUT2D eigenvalue weighted by Crippen LogP contribution is -2.41. The molecule has 0 atom stereocenters. The Labute approximate surface area is 239 Å². The first-order valence-corrected chi connectivity index (χ1v) is 14.8. The first-order chi connectivity index (χ1) is 19.2. The van der Waals surface area contributed by atoms with Gasteiger partial charge in [-0.2, -0.15) is 0 Å². The number of nitrogens with one attached hydrogen (secondary N) is 1. The van der Waals surface area contributed by atoms with Crippen LogP contribution < -0.4 is 15.0 Å². The van der Waals surface area contributed by atoms with E-state index in [0.717, 1.165) is 69.7 Å². The van der Waals surface area contributed by atoms with E-state index in [2.05, 4.69) is 97.1 Å². The molecule has 40 heavy (non-hydrogen) atoms. The fourth-order valence-electron chi connectivity index (χ4n) is 5.77. The molecule has 0 radical (unpaired) electrons. The SMILES string of the molecule is C=C(NC1CCN(c2ccccc2)CC1)c1ccc(OC2CCN(Cc3ccc(C(C)(C)C)cc3)CC2)c(F)c1. The summed E-state index contributed by atoms with van der Waals surface area (Å²) in [4.78, 5) is 4.88. The van der Waals surface area contributed by atoms with Gasteiger partial charge in [-0.15, -0.1) is 0 Å². The molecule has 0 saturated carbocycles. The van der Waals surface area contributed by atoms with Gasteiger partial charge >= 0.3 is 0 Å². The van der Waals surface area contributed by atoms with Crippen molar-refractivity contribution in [2.75, 3.05) is 31.1 Å². The first kappa shape index (κ1) is 28.2. The molecule has 2 aliphatic rings. The largest absolute Gasteiger partial charge is 0.487 e. The minimum Gasteiger partial charge on any atom is -0.487 e. The minimum atomic E-state index is -0.319. The maximum Gasteiger partial charge on any atom is 0.165 e. The Morgan fingerprint density at radius 3 is 2.20 bits per heavy atom. The summed E-state index contributed by atoms with van der Waals surface area (Å²) in [5.74, 6) is 0.0182. The third-order valence-corrected chi connectivity index (χ3v) is 8.33. The van der Waals surface area contributed by atoms with Gasteiger partial charge in [0.15, 0.2) is 11.6 Å². The fraction of sp³-hybridized carbons (Fsp3) is 0.429. The quantitative estimate of drug-likeness (QED) is 0.322. The number of rotatable bonds is 8. The summed E-state index contributed by atoms with van der Waals surface area (Å²) in [6.07, 6.45) is 3.89. The van der Waals surface area contributed by atoms with Crippen molar-refractivity contribution in [1.29, 1.82) is 0 Å². The number of benzene rings is 3. The number of hydrogen-bond donors (Lipinski definition) is 1. The van der Waals surface area contributed by atoms with Crippen LogP contribution in [0.1, 0.15) is 63.1 Å². The summed E-state index contributed by atoms with van der Waals surface area (Å²) in [6, 6.07) is 25.1. The number of piperidine rings is 2. The second-order valence-electron chi connectivity index (χ2n) is 12.4. The highest BCUT2D eigenvalue weighted by molar-refractivity contribution is 5.63. The van der Waals surface area contributed by atoms with Gasteiger partial charge in [0.05, 0.1) is 0 Å². The minimum absolute atomic E-state index is 0.0380. The number of anilines is 1. The van der Waals surface area contributed by atoms with Gasteiger partial charge < -0.3 is 15.0 Å². The predicted octanol–water partition coefficient (Wildman–Crippen LogP) is 7.40. The molecule has 2 saturated heterocycles. The first-order valence-electron chi connectivity index (χ1n) is 14.8. The van der Waals surface area contributed by atoms with Crippen molar-refractivity contribution in [2.24, 2.45) is 0 Å². The Morgan fingerprint density at radius 1 is 0.900 bits per heavy atom. The second-order valence-corrected chi connectivity index (χ2v) is 12.4. The van der Waals surface area contributed by atoms with Gasteiger partial charge in [-0.1, -0.05) is 69.8 Å². The number of likely N-dealkylation sites (tertiary alicyclic amines) is 1. The molecule has 5 rings (SSSR count). The smallest absolute Gasteiger partial charge is 0.165 e. The number of halogens is 1. The third-order valence-electron chi connectivity index (χ3n) is 8.33. The lowest BCUT2D eigenvalue weighted by molar-refractivity contribution is 0.0935. The number of nitrogens with zero attached hydrogens (tertiary/aromatic N) is 2. The normalized spacial score (nSPS) is 17.6. The Kier molecular flexibility index (Phi) is 8.80. The predicted molar refractivity (Wildman–Crippen MR) is 164 cm³/mol. The Balaban J connectivity index is 1.07. The second kappa shape index (κ2) is 12.5. The maximum absolute atomic E-state index is 15.1. The monoisotopic (exact) mass is 541 g/mol. The molecule has 0 aliphatic carbocycles. The average molecular weight is 542 g/mol. The molecule has 5 heteroatoms. The average Bonchev–Trinajstić information content (AvgIpc) is 2.96. The molecule has 2 fully saturated rings. The van der Waals surface area contributed by atoms with Crippen LogP contribution in [0, 0.1) is 5.82 Å². The third kappa shape index (κ3) is 7.25. The van der Waals surface area contributed by atoms with Crippen LogP contribution in [-0.2, 0) is 12.0 Å². The summed E-state index contributed by atoms with van der Waals surface area (Å²) < 4.78 is 21.2. The van der Waals surface area contributed by atoms with E-state index in [-0.39, 0.29) is 17.3 Å². The zero-order valence-electron chi connectivity index (χ0n) is 24.3. The van der Waals surface area contributed by atoms with Crippen molar-refractivity contribution in [3.05, 3.63) is 102 Å². The van der Waals surface area contributed by atoms with Crippen LogP contribution in [0.15, 0.2) is 79.4 Å². The highest BCUT2D eigenvalue weighted by Crippen LogP contribution is 2.27. The fourth-order valence-corrected chi connectivity index (χ4v) is 5.77. The summed E-state index contributed by atoms with van der Waals surface area (Å²) in [5.41, 5.74) is 5.69. The Bertz CT molecular complexity index is 1250. The van der Waals surface area contributed by atoms with Crippen molar-refractivity contribution in [2.45, 2.75) is 70.6 Å². The Hall–Kier alpha value is -3.31. The van der Waals surface area contributed by atoms with Crippen LogP contribution in [0.25, 0.3) is 5.70 Å². The summed E-state index contributed by atoms with van der Waals surface area (Å²) in [5, 5.41) is 3.54. The van der Waals surface area contributed by atoms with Gasteiger partial charge in [-0.05, 0) is 72.6 Å². The standard InChI is InChI=1S/C35H44FN3O/c1-26(37-30-16-22-39(23-17-30)31-8-6-5-7-9-31)28-12-15-34(33(36)24-28)40-32-18-20-38(21-19-32)25-27-10-13-29(14-11-27)35(2,3)4/h5-15,24,30,32,37H,1,16-23,25H2,2-4H3. The van der Waals surface area contributed by atoms with Crippen molar-refractivity contribution < 1.29 is 9.13 Å². The maximum atomic E-state index is 15.1. The van der Waals surface area contributed by atoms with E-state index in [4.69, 9.17) is 4.74 Å². The van der Waals surface area contributed by atoms with Gasteiger partial charge in [0.25, 0.3) is 0 Å². The molecular formula is C35H44FN3O. The van der Waals surface area contributed by atoms with Gasteiger partial charge in [-0.25, -0.2) is 4.39 Å². The van der Waals surface area contributed by atoms with Crippen molar-refractivity contribution in [1.82, 2.24) is 10.2 Å². The van der Waals surface area contributed by atoms with Gasteiger partial charge in [0.2, 0.25) is 0 Å². The van der Waals surface area contributed by atoms with Crippen LogP contribution in [0.5, 0.6) is 5.75 Å². The zero-order chi connectivity index (χ0) is 28.1. The Morgan fingerprint density at radius 2 is 1.57 bits per heavy atom. The van der Waals surface area contributed by atoms with Crippen molar-refractivity contribution in [3.63, 3.8) is 0 Å². The molecule has 2 heterocycles. The topological polar surface area (TPSA) is 27.7 Å². The molecule has 3 aromatic rings. The summed E-state index contributed by atoms with van der Waals surface area (Å²) >= 11 is 0. The molecule has 0 unspecified atom stereocenters. The number of hydrogen-bond acceptors (Lipinski definition) is 4. The highest BCUT2D eigenvalue weighted by Gasteiger charge is 2.23. The molecule has 4 nitrogen and oxygen atoms in total. The van der Waals surface area contributed by atoms with E-state index < -0.39 is 0 Å². The molecule has 2 aliphatic heterocycles. The van der Waals surface area contributed by atoms with Gasteiger partial charge in [0, 0.05) is 55.7 Å². The molecule has 0 amide bonds. The van der Waals surface area contributed by atoms with E-state index in [0.29, 0.717) is 11.8 Å². The summed E-state index contributed by atoms with van der Waals surface area (Å²) in [6.45, 7) is 15.8. The van der Waals surface area contributed by atoms with Gasteiger partial charge in [0.1, 0.15) is 6.10 Å². The van der Waals surface area contributed by atoms with Crippen LogP contribution in [-0.4, -0.2) is 43.2 Å². The van der Waals surface area contributed by atoms with Crippen molar-refractivity contribution in [3.8, 4) is 5.75 Å². The zero-order valence-corrected chi connectivity index (χ0v) is 24.3. The van der Waals surface area contributed by atoms with E-state index in [1.54, 1.807) is 12.1 Å². The van der Waals surface area contributed by atoms with Crippen LogP contribution in [0.3, 0.4) is 0 Å². The van der Waals surface area contributed by atoms with E-state index in [1.165, 1.54) is 16.8 Å². The van der Waals surface area contributed by atoms with Crippen molar-refractivity contribution >= 4 is 11.4 Å². The molecule has 1 N–H and O–H groups in total. The molecular weight excluding hydrogens is 497 g/mol. The number of para-hydroxylation sites is 1. The van der Waals surface area contributed by atoms with Crippen LogP contribution >= 0.6 is 0 Å².